The number of halogens is 3. The third-order valence-corrected chi connectivity index (χ3v) is 4.15. The number of alkyl halides is 3. The van der Waals surface area contributed by atoms with Gasteiger partial charge in [-0.25, -0.2) is 0 Å². The van der Waals surface area contributed by atoms with E-state index in [0.29, 0.717) is 12.0 Å². The standard InChI is InChI=1S/C17H23F3N2/c1-2-22-9-3-5-13(6-4-10-22)11-14-7-8-15(21)12-16(14)17(18,19)20/h5,7-8,12H,2-4,6,9-11,21H2,1H3. The normalized spacial score (nSPS) is 17.7. The summed E-state index contributed by atoms with van der Waals surface area (Å²) in [4.78, 5) is 2.37. The summed E-state index contributed by atoms with van der Waals surface area (Å²) in [6, 6.07) is 4.10. The lowest BCUT2D eigenvalue weighted by Crippen LogP contribution is -2.26. The maximum absolute atomic E-state index is 13.1. The zero-order chi connectivity index (χ0) is 16.2. The van der Waals surface area contributed by atoms with Crippen LogP contribution in [0, 0.1) is 0 Å². The number of nitrogens with two attached hydrogens (primary N) is 1. The smallest absolute Gasteiger partial charge is 0.399 e. The van der Waals surface area contributed by atoms with Crippen molar-refractivity contribution in [3.05, 3.63) is 41.0 Å². The number of allylic oxidation sites excluding steroid dienone is 1. The van der Waals surface area contributed by atoms with E-state index in [1.165, 1.54) is 6.07 Å². The predicted octanol–water partition coefficient (Wildman–Crippen LogP) is 4.26. The zero-order valence-electron chi connectivity index (χ0n) is 12.9. The van der Waals surface area contributed by atoms with Gasteiger partial charge in [0.05, 0.1) is 5.56 Å². The van der Waals surface area contributed by atoms with E-state index in [4.69, 9.17) is 5.73 Å². The Hall–Kier alpha value is -1.49. The first-order valence-electron chi connectivity index (χ1n) is 7.76. The van der Waals surface area contributed by atoms with Gasteiger partial charge in [0, 0.05) is 12.2 Å². The van der Waals surface area contributed by atoms with Crippen LogP contribution in [0.5, 0.6) is 0 Å². The summed E-state index contributed by atoms with van der Waals surface area (Å²) in [5.74, 6) is 0. The Kier molecular flexibility index (Phi) is 5.51. The van der Waals surface area contributed by atoms with Gasteiger partial charge in [0.2, 0.25) is 0 Å². The zero-order valence-corrected chi connectivity index (χ0v) is 12.9. The summed E-state index contributed by atoms with van der Waals surface area (Å²) in [6.07, 6.45) is 0.874. The Balaban J connectivity index is 2.16. The van der Waals surface area contributed by atoms with Crippen molar-refractivity contribution >= 4 is 5.69 Å². The monoisotopic (exact) mass is 312 g/mol. The molecular weight excluding hydrogens is 289 g/mol. The van der Waals surface area contributed by atoms with Crippen molar-refractivity contribution in [2.45, 2.75) is 38.8 Å². The highest BCUT2D eigenvalue weighted by Crippen LogP contribution is 2.34. The van der Waals surface area contributed by atoms with Gasteiger partial charge in [-0.1, -0.05) is 24.6 Å². The molecule has 0 aliphatic carbocycles. The summed E-state index contributed by atoms with van der Waals surface area (Å²) >= 11 is 0. The van der Waals surface area contributed by atoms with Gasteiger partial charge in [-0.15, -0.1) is 0 Å². The van der Waals surface area contributed by atoms with Gasteiger partial charge in [-0.05, 0) is 56.5 Å². The van der Waals surface area contributed by atoms with Crippen molar-refractivity contribution in [1.29, 1.82) is 0 Å². The van der Waals surface area contributed by atoms with Gasteiger partial charge < -0.3 is 10.6 Å². The lowest BCUT2D eigenvalue weighted by Gasteiger charge is -2.23. The van der Waals surface area contributed by atoms with Crippen LogP contribution >= 0.6 is 0 Å². The van der Waals surface area contributed by atoms with Crippen molar-refractivity contribution in [3.8, 4) is 0 Å². The second kappa shape index (κ2) is 7.18. The molecule has 0 unspecified atom stereocenters. The van der Waals surface area contributed by atoms with Crippen LogP contribution in [0.25, 0.3) is 0 Å². The highest BCUT2D eigenvalue weighted by molar-refractivity contribution is 5.47. The highest BCUT2D eigenvalue weighted by Gasteiger charge is 2.33. The molecule has 0 spiro atoms. The second-order valence-corrected chi connectivity index (χ2v) is 5.78. The molecule has 0 atom stereocenters. The van der Waals surface area contributed by atoms with Crippen molar-refractivity contribution < 1.29 is 13.2 Å². The lowest BCUT2D eigenvalue weighted by atomic mass is 9.94. The summed E-state index contributed by atoms with van der Waals surface area (Å²) in [7, 11) is 0. The first kappa shape index (κ1) is 16.9. The molecule has 1 aromatic carbocycles. The van der Waals surface area contributed by atoms with E-state index in [1.807, 2.05) is 0 Å². The number of hydrogen-bond donors (Lipinski definition) is 1. The summed E-state index contributed by atoms with van der Waals surface area (Å²) < 4.78 is 39.4. The van der Waals surface area contributed by atoms with Crippen LogP contribution in [-0.4, -0.2) is 24.5 Å². The molecule has 0 radical (unpaired) electrons. The SMILES string of the molecule is CCN1CCC=C(Cc2ccc(N)cc2C(F)(F)F)CCC1. The summed E-state index contributed by atoms with van der Waals surface area (Å²) in [6.45, 7) is 5.16. The van der Waals surface area contributed by atoms with E-state index in [9.17, 15) is 13.2 Å². The van der Waals surface area contributed by atoms with Gasteiger partial charge in [0.15, 0.2) is 0 Å². The third-order valence-electron chi connectivity index (χ3n) is 4.15. The number of nitrogens with zero attached hydrogens (tertiary/aromatic N) is 1. The minimum absolute atomic E-state index is 0.154. The van der Waals surface area contributed by atoms with Crippen molar-refractivity contribution in [3.63, 3.8) is 0 Å². The summed E-state index contributed by atoms with van der Waals surface area (Å²) in [5, 5.41) is 0. The molecule has 1 heterocycles. The Morgan fingerprint density at radius 3 is 2.68 bits per heavy atom. The highest BCUT2D eigenvalue weighted by atomic mass is 19.4. The third kappa shape index (κ3) is 4.50. The molecule has 0 aromatic heterocycles. The molecular formula is C17H23F3N2. The van der Waals surface area contributed by atoms with Gasteiger partial charge in [-0.2, -0.15) is 13.2 Å². The molecule has 0 fully saturated rings. The van der Waals surface area contributed by atoms with Gasteiger partial charge in [-0.3, -0.25) is 0 Å². The van der Waals surface area contributed by atoms with Crippen LogP contribution in [0.3, 0.4) is 0 Å². The molecule has 122 valence electrons. The first-order chi connectivity index (χ1) is 10.4. The predicted molar refractivity (Wildman–Crippen MR) is 83.6 cm³/mol. The molecule has 0 bridgehead atoms. The second-order valence-electron chi connectivity index (χ2n) is 5.78. The fourth-order valence-electron chi connectivity index (χ4n) is 2.93. The number of rotatable bonds is 3. The number of benzene rings is 1. The summed E-state index contributed by atoms with van der Waals surface area (Å²) in [5.41, 5.74) is 6.48. The van der Waals surface area contributed by atoms with Crippen LogP contribution in [0.2, 0.25) is 0 Å². The molecule has 2 N–H and O–H groups in total. The van der Waals surface area contributed by atoms with E-state index in [0.717, 1.165) is 50.5 Å². The van der Waals surface area contributed by atoms with Crippen molar-refractivity contribution in [2.24, 2.45) is 0 Å². The quantitative estimate of drug-likeness (QED) is 0.667. The van der Waals surface area contributed by atoms with E-state index < -0.39 is 11.7 Å². The van der Waals surface area contributed by atoms with Gasteiger partial charge in [0.25, 0.3) is 0 Å². The molecule has 1 aliphatic heterocycles. The molecule has 0 saturated heterocycles. The average Bonchev–Trinajstić information content (AvgIpc) is 2.42. The Morgan fingerprint density at radius 2 is 2.00 bits per heavy atom. The number of hydrogen-bond acceptors (Lipinski definition) is 2. The van der Waals surface area contributed by atoms with Crippen LogP contribution in [0.4, 0.5) is 18.9 Å². The van der Waals surface area contributed by atoms with E-state index in [1.54, 1.807) is 6.07 Å². The minimum Gasteiger partial charge on any atom is -0.399 e. The Labute approximate surface area is 129 Å². The fraction of sp³-hybridized carbons (Fsp3) is 0.529. The molecule has 1 aliphatic rings. The van der Waals surface area contributed by atoms with Crippen molar-refractivity contribution in [2.75, 3.05) is 25.4 Å². The maximum Gasteiger partial charge on any atom is 0.416 e. The largest absolute Gasteiger partial charge is 0.416 e. The van der Waals surface area contributed by atoms with E-state index in [-0.39, 0.29) is 5.69 Å². The van der Waals surface area contributed by atoms with Crippen molar-refractivity contribution in [1.82, 2.24) is 4.90 Å². The number of anilines is 1. The van der Waals surface area contributed by atoms with E-state index in [2.05, 4.69) is 17.9 Å². The molecule has 5 heteroatoms. The molecule has 2 rings (SSSR count). The van der Waals surface area contributed by atoms with Gasteiger partial charge in [0.1, 0.15) is 0 Å². The number of nitrogen functional groups attached to an aromatic ring is 1. The van der Waals surface area contributed by atoms with Crippen LogP contribution < -0.4 is 5.73 Å². The fourth-order valence-corrected chi connectivity index (χ4v) is 2.93. The molecule has 0 amide bonds. The molecule has 2 nitrogen and oxygen atoms in total. The average molecular weight is 312 g/mol. The van der Waals surface area contributed by atoms with Crippen LogP contribution in [0.15, 0.2) is 29.8 Å². The molecule has 1 aromatic rings. The van der Waals surface area contributed by atoms with Crippen LogP contribution in [0.1, 0.15) is 37.3 Å². The minimum atomic E-state index is -4.36. The molecule has 22 heavy (non-hydrogen) atoms. The van der Waals surface area contributed by atoms with Crippen LogP contribution in [-0.2, 0) is 12.6 Å². The lowest BCUT2D eigenvalue weighted by molar-refractivity contribution is -0.138. The first-order valence-corrected chi connectivity index (χ1v) is 7.76. The van der Waals surface area contributed by atoms with E-state index >= 15 is 0 Å². The Morgan fingerprint density at radius 1 is 1.23 bits per heavy atom. The maximum atomic E-state index is 13.1. The van der Waals surface area contributed by atoms with Gasteiger partial charge >= 0.3 is 6.18 Å². The molecule has 0 saturated carbocycles. The Bertz CT molecular complexity index is 535. The topological polar surface area (TPSA) is 29.3 Å².